The molecule has 26 heavy (non-hydrogen) atoms. The molecule has 0 aliphatic heterocycles. The largest absolute Gasteiger partial charge is 0.361 e. The van der Waals surface area contributed by atoms with E-state index in [0.29, 0.717) is 5.82 Å². The molecule has 1 aliphatic rings. The number of hydrogen-bond donors (Lipinski definition) is 1. The Kier molecular flexibility index (Phi) is 3.71. The number of nitrogens with one attached hydrogen (secondary N) is 1. The fraction of sp³-hybridized carbons (Fsp3) is 0.190. The van der Waals surface area contributed by atoms with Gasteiger partial charge in [-0.05, 0) is 64.9 Å². The van der Waals surface area contributed by atoms with Gasteiger partial charge in [-0.25, -0.2) is 4.98 Å². The van der Waals surface area contributed by atoms with Crippen LogP contribution in [-0.2, 0) is 6.42 Å². The van der Waals surface area contributed by atoms with Crippen LogP contribution in [0.25, 0.3) is 21.8 Å². The third-order valence-corrected chi connectivity index (χ3v) is 5.26. The standard InChI is InChI=1S/C21H17ClN4/c22-21-25-17-9-4-12-23-19(17)20(26-21)24-16-8-3-6-14-11-10-13-5-1-2-7-15(13)18(14)16/h1-2,4-5,7,9-12,16H,3,6,8H2,(H,24,25,26). The zero-order valence-corrected chi connectivity index (χ0v) is 14.9. The van der Waals surface area contributed by atoms with E-state index < -0.39 is 0 Å². The molecule has 5 heteroatoms. The Morgan fingerprint density at radius 1 is 1.00 bits per heavy atom. The van der Waals surface area contributed by atoms with Crippen molar-refractivity contribution in [2.24, 2.45) is 0 Å². The van der Waals surface area contributed by atoms with Crippen molar-refractivity contribution in [2.75, 3.05) is 5.32 Å². The number of aryl methyl sites for hydroxylation is 1. The summed E-state index contributed by atoms with van der Waals surface area (Å²) in [6, 6.07) is 17.0. The van der Waals surface area contributed by atoms with Gasteiger partial charge in [0.25, 0.3) is 0 Å². The van der Waals surface area contributed by atoms with Gasteiger partial charge >= 0.3 is 0 Å². The number of anilines is 1. The van der Waals surface area contributed by atoms with E-state index in [4.69, 9.17) is 11.6 Å². The Morgan fingerprint density at radius 3 is 2.88 bits per heavy atom. The van der Waals surface area contributed by atoms with Crippen molar-refractivity contribution in [2.45, 2.75) is 25.3 Å². The van der Waals surface area contributed by atoms with Gasteiger partial charge in [0.05, 0.1) is 11.6 Å². The van der Waals surface area contributed by atoms with Gasteiger partial charge in [0, 0.05) is 6.20 Å². The molecule has 2 heterocycles. The van der Waals surface area contributed by atoms with Crippen LogP contribution >= 0.6 is 11.6 Å². The highest BCUT2D eigenvalue weighted by molar-refractivity contribution is 6.28. The van der Waals surface area contributed by atoms with Crippen LogP contribution in [0, 0.1) is 0 Å². The molecular formula is C21H17ClN4. The zero-order valence-electron chi connectivity index (χ0n) is 14.1. The van der Waals surface area contributed by atoms with Crippen molar-refractivity contribution >= 4 is 39.2 Å². The molecule has 0 fully saturated rings. The van der Waals surface area contributed by atoms with Crippen molar-refractivity contribution in [3.63, 3.8) is 0 Å². The van der Waals surface area contributed by atoms with Crippen molar-refractivity contribution in [3.05, 3.63) is 71.1 Å². The molecule has 0 radical (unpaired) electrons. The smallest absolute Gasteiger partial charge is 0.225 e. The summed E-state index contributed by atoms with van der Waals surface area (Å²) < 4.78 is 0. The molecule has 4 nitrogen and oxygen atoms in total. The molecule has 0 saturated carbocycles. The molecular weight excluding hydrogens is 344 g/mol. The lowest BCUT2D eigenvalue weighted by Gasteiger charge is -2.28. The molecule has 0 amide bonds. The second-order valence-corrected chi connectivity index (χ2v) is 7.00. The third-order valence-electron chi connectivity index (χ3n) is 5.09. The predicted octanol–water partition coefficient (Wildman–Crippen LogP) is 5.32. The SMILES string of the molecule is Clc1nc(NC2CCCc3ccc4ccccc4c32)c2ncccc2n1. The molecule has 0 bridgehead atoms. The number of halogens is 1. The highest BCUT2D eigenvalue weighted by Crippen LogP contribution is 2.38. The van der Waals surface area contributed by atoms with E-state index in [9.17, 15) is 0 Å². The average molecular weight is 361 g/mol. The van der Waals surface area contributed by atoms with Crippen molar-refractivity contribution in [3.8, 4) is 0 Å². The number of nitrogens with zero attached hydrogens (tertiary/aromatic N) is 3. The van der Waals surface area contributed by atoms with Gasteiger partial charge in [0.2, 0.25) is 5.28 Å². The summed E-state index contributed by atoms with van der Waals surface area (Å²) in [5, 5.41) is 6.43. The van der Waals surface area contributed by atoms with E-state index >= 15 is 0 Å². The van der Waals surface area contributed by atoms with Gasteiger partial charge in [-0.2, -0.15) is 4.98 Å². The number of aromatic nitrogens is 3. The van der Waals surface area contributed by atoms with Gasteiger partial charge in [-0.3, -0.25) is 4.98 Å². The molecule has 2 aromatic heterocycles. The molecule has 128 valence electrons. The topological polar surface area (TPSA) is 50.7 Å². The summed E-state index contributed by atoms with van der Waals surface area (Å²) >= 11 is 6.15. The second-order valence-electron chi connectivity index (χ2n) is 6.66. The van der Waals surface area contributed by atoms with Crippen LogP contribution in [0.15, 0.2) is 54.7 Å². The van der Waals surface area contributed by atoms with Crippen LogP contribution in [0.2, 0.25) is 5.28 Å². The van der Waals surface area contributed by atoms with Crippen LogP contribution in [0.5, 0.6) is 0 Å². The highest BCUT2D eigenvalue weighted by atomic mass is 35.5. The summed E-state index contributed by atoms with van der Waals surface area (Å²) in [5.41, 5.74) is 4.28. The van der Waals surface area contributed by atoms with E-state index in [2.05, 4.69) is 56.7 Å². The molecule has 4 aromatic rings. The molecule has 1 unspecified atom stereocenters. The van der Waals surface area contributed by atoms with Crippen LogP contribution in [0.3, 0.4) is 0 Å². The lowest BCUT2D eigenvalue weighted by molar-refractivity contribution is 0.603. The zero-order chi connectivity index (χ0) is 17.5. The minimum absolute atomic E-state index is 0.182. The third kappa shape index (κ3) is 2.58. The summed E-state index contributed by atoms with van der Waals surface area (Å²) in [6.07, 6.45) is 5.07. The maximum absolute atomic E-state index is 6.15. The molecule has 2 aromatic carbocycles. The van der Waals surface area contributed by atoms with E-state index in [1.165, 1.54) is 21.9 Å². The van der Waals surface area contributed by atoms with Crippen LogP contribution in [0.4, 0.5) is 5.82 Å². The number of pyridine rings is 1. The lowest BCUT2D eigenvalue weighted by atomic mass is 9.84. The Balaban J connectivity index is 1.65. The first-order valence-corrected chi connectivity index (χ1v) is 9.23. The lowest BCUT2D eigenvalue weighted by Crippen LogP contribution is -2.19. The monoisotopic (exact) mass is 360 g/mol. The molecule has 0 spiro atoms. The summed E-state index contributed by atoms with van der Waals surface area (Å²) in [6.45, 7) is 0. The molecule has 1 aliphatic carbocycles. The van der Waals surface area contributed by atoms with Crippen LogP contribution in [-0.4, -0.2) is 15.0 Å². The first kappa shape index (κ1) is 15.5. The van der Waals surface area contributed by atoms with Gasteiger partial charge in [0.15, 0.2) is 5.82 Å². The van der Waals surface area contributed by atoms with Gasteiger partial charge in [0.1, 0.15) is 5.52 Å². The van der Waals surface area contributed by atoms with Gasteiger partial charge in [-0.15, -0.1) is 0 Å². The van der Waals surface area contributed by atoms with Gasteiger partial charge < -0.3 is 5.32 Å². The molecule has 1 atom stereocenters. The molecule has 5 rings (SSSR count). The number of benzene rings is 2. The van der Waals surface area contributed by atoms with Crippen LogP contribution in [0.1, 0.15) is 30.0 Å². The Morgan fingerprint density at radius 2 is 1.92 bits per heavy atom. The minimum Gasteiger partial charge on any atom is -0.361 e. The maximum Gasteiger partial charge on any atom is 0.225 e. The van der Waals surface area contributed by atoms with E-state index in [0.717, 1.165) is 30.3 Å². The normalized spacial score (nSPS) is 16.6. The maximum atomic E-state index is 6.15. The highest BCUT2D eigenvalue weighted by Gasteiger charge is 2.23. The first-order chi connectivity index (χ1) is 12.8. The molecule has 1 N–H and O–H groups in total. The Labute approximate surface area is 156 Å². The van der Waals surface area contributed by atoms with Crippen molar-refractivity contribution in [1.82, 2.24) is 15.0 Å². The summed E-state index contributed by atoms with van der Waals surface area (Å²) in [5.74, 6) is 0.700. The predicted molar refractivity (Wildman–Crippen MR) is 106 cm³/mol. The fourth-order valence-corrected chi connectivity index (χ4v) is 4.14. The second kappa shape index (κ2) is 6.22. The van der Waals surface area contributed by atoms with Crippen LogP contribution < -0.4 is 5.32 Å². The number of hydrogen-bond acceptors (Lipinski definition) is 4. The van der Waals surface area contributed by atoms with E-state index in [1.807, 2.05) is 12.1 Å². The molecule has 0 saturated heterocycles. The Bertz CT molecular complexity index is 1130. The number of rotatable bonds is 2. The van der Waals surface area contributed by atoms with Crippen molar-refractivity contribution in [1.29, 1.82) is 0 Å². The quantitative estimate of drug-likeness (QED) is 0.491. The Hall–Kier alpha value is -2.72. The average Bonchev–Trinajstić information content (AvgIpc) is 2.68. The van der Waals surface area contributed by atoms with Gasteiger partial charge in [-0.1, -0.05) is 36.4 Å². The van der Waals surface area contributed by atoms with E-state index in [-0.39, 0.29) is 11.3 Å². The van der Waals surface area contributed by atoms with E-state index in [1.54, 1.807) is 6.20 Å². The summed E-state index contributed by atoms with van der Waals surface area (Å²) in [7, 11) is 0. The minimum atomic E-state index is 0.182. The summed E-state index contributed by atoms with van der Waals surface area (Å²) in [4.78, 5) is 13.2. The van der Waals surface area contributed by atoms with Crippen molar-refractivity contribution < 1.29 is 0 Å². The number of fused-ring (bicyclic) bond motifs is 4. The first-order valence-electron chi connectivity index (χ1n) is 8.85. The fourth-order valence-electron chi connectivity index (χ4n) is 3.96.